The van der Waals surface area contributed by atoms with E-state index in [2.05, 4.69) is 93.9 Å². The maximum atomic E-state index is 11.0. The zero-order chi connectivity index (χ0) is 65.9. The van der Waals surface area contributed by atoms with Gasteiger partial charge in [0.15, 0.2) is 0 Å². The molecule has 0 atom stereocenters. The number of pyridine rings is 6. The molecule has 11 rings (SSSR count). The largest absolute Gasteiger partial charge is 0.494 e. The summed E-state index contributed by atoms with van der Waals surface area (Å²) < 4.78 is 12.3. The average molecular weight is 1250 g/mol. The standard InChI is InChI=1S/C86H74N8O2/c1-3-5-7-9-11-21-51-95-77-43-39-67(40-44-77)75(61-87)55-71-53-70(38-32-64-29-35-66(36-30-64)74-59-85(81-25-15-19-49-91-81)94-86(60-74)82-26-16-20-50-92-82)72(56-76(62-88)68-41-45-78(46-42-68)96-52-22-12-10-8-6-4-2)54-69(71)37-31-63-27-33-65(34-28-63)73-57-83(79-23-13-17-47-89-79)93-84(58-73)80-24-14-18-48-90-80/h13-20,23-30,33-36,39-50,53-60H,3-12,21-22,51-52H2,1-2H3/b75-55-,76-56+. The van der Waals surface area contributed by atoms with E-state index >= 15 is 0 Å². The van der Waals surface area contributed by atoms with Crippen LogP contribution in [0, 0.1) is 46.3 Å². The van der Waals surface area contributed by atoms with Crippen LogP contribution in [0.2, 0.25) is 0 Å². The third-order valence-corrected chi connectivity index (χ3v) is 16.4. The SMILES string of the molecule is CCCCCCCCOc1ccc(/C(C#N)=C/c2cc(C#Cc3ccc(-c4cc(-c5ccccn5)nc(-c5ccccn5)c4)cc3)c(/C=C(/C#N)c3ccc(OCCCCCCCC)cc3)cc2C#Cc2ccc(-c3cc(-c4ccccn4)nc(-c4ccccn4)c3)cc2)cc1. The number of hydrogen-bond acceptors (Lipinski definition) is 10. The van der Waals surface area contributed by atoms with Gasteiger partial charge in [0.05, 0.1) is 82.0 Å². The molecule has 0 amide bonds. The Hall–Kier alpha value is -11.8. The van der Waals surface area contributed by atoms with E-state index in [0.29, 0.717) is 46.6 Å². The van der Waals surface area contributed by atoms with Gasteiger partial charge in [0, 0.05) is 47.0 Å². The fourth-order valence-electron chi connectivity index (χ4n) is 11.1. The normalized spacial score (nSPS) is 11.1. The molecule has 10 nitrogen and oxygen atoms in total. The van der Waals surface area contributed by atoms with Crippen LogP contribution in [0.4, 0.5) is 0 Å². The number of hydrogen-bond donors (Lipinski definition) is 0. The maximum Gasteiger partial charge on any atom is 0.119 e. The van der Waals surface area contributed by atoms with E-state index in [4.69, 9.17) is 19.4 Å². The molecule has 6 aromatic heterocycles. The molecular weight excluding hydrogens is 1180 g/mol. The van der Waals surface area contributed by atoms with Gasteiger partial charge >= 0.3 is 0 Å². The van der Waals surface area contributed by atoms with E-state index in [1.807, 2.05) is 194 Å². The quantitative estimate of drug-likeness (QED) is 0.0222. The van der Waals surface area contributed by atoms with Crippen molar-refractivity contribution >= 4 is 23.3 Å². The maximum absolute atomic E-state index is 11.0. The predicted octanol–water partition coefficient (Wildman–Crippen LogP) is 20.5. The minimum Gasteiger partial charge on any atom is -0.494 e. The smallest absolute Gasteiger partial charge is 0.119 e. The Morgan fingerprint density at radius 2 is 0.677 bits per heavy atom. The number of unbranched alkanes of at least 4 members (excludes halogenated alkanes) is 10. The molecule has 0 radical (unpaired) electrons. The molecule has 0 saturated carbocycles. The van der Waals surface area contributed by atoms with Crippen LogP contribution in [-0.4, -0.2) is 43.1 Å². The first-order chi connectivity index (χ1) is 47.4. The molecule has 0 saturated heterocycles. The number of benzene rings is 5. The topological polar surface area (TPSA) is 143 Å². The molecule has 6 heterocycles. The first-order valence-electron chi connectivity index (χ1n) is 33.2. The first kappa shape index (κ1) is 65.7. The van der Waals surface area contributed by atoms with Gasteiger partial charge in [-0.3, -0.25) is 19.9 Å². The van der Waals surface area contributed by atoms with E-state index in [1.165, 1.54) is 51.4 Å². The lowest BCUT2D eigenvalue weighted by molar-refractivity contribution is 0.304. The van der Waals surface area contributed by atoms with Gasteiger partial charge in [0.25, 0.3) is 0 Å². The number of rotatable bonds is 26. The van der Waals surface area contributed by atoms with E-state index in [-0.39, 0.29) is 0 Å². The highest BCUT2D eigenvalue weighted by molar-refractivity contribution is 5.94. The van der Waals surface area contributed by atoms with Crippen molar-refractivity contribution in [2.45, 2.75) is 90.9 Å². The Balaban J connectivity index is 0.983. The molecule has 0 aliphatic carbocycles. The van der Waals surface area contributed by atoms with Crippen LogP contribution in [-0.2, 0) is 0 Å². The summed E-state index contributed by atoms with van der Waals surface area (Å²) in [6, 6.07) is 71.9. The number of nitrogens with zero attached hydrogens (tertiary/aromatic N) is 8. The van der Waals surface area contributed by atoms with Crippen molar-refractivity contribution in [3.63, 3.8) is 0 Å². The van der Waals surface area contributed by atoms with E-state index < -0.39 is 0 Å². The van der Waals surface area contributed by atoms with Crippen LogP contribution < -0.4 is 9.47 Å². The van der Waals surface area contributed by atoms with Gasteiger partial charge in [-0.15, -0.1) is 0 Å². The second kappa shape index (κ2) is 34.2. The summed E-state index contributed by atoms with van der Waals surface area (Å²) in [7, 11) is 0. The van der Waals surface area contributed by atoms with Gasteiger partial charge in [0.2, 0.25) is 0 Å². The third kappa shape index (κ3) is 18.3. The Bertz CT molecular complexity index is 4240. The van der Waals surface area contributed by atoms with Crippen LogP contribution >= 0.6 is 0 Å². The Labute approximate surface area is 564 Å². The molecule has 11 aromatic rings. The molecule has 5 aromatic carbocycles. The van der Waals surface area contributed by atoms with Crippen LogP contribution in [0.1, 0.15) is 135 Å². The molecule has 0 fully saturated rings. The summed E-state index contributed by atoms with van der Waals surface area (Å²) in [6.45, 7) is 5.72. The van der Waals surface area contributed by atoms with Gasteiger partial charge in [0.1, 0.15) is 11.5 Å². The van der Waals surface area contributed by atoms with Crippen molar-refractivity contribution < 1.29 is 9.47 Å². The zero-order valence-electron chi connectivity index (χ0n) is 54.4. The second-order valence-corrected chi connectivity index (χ2v) is 23.4. The molecule has 0 N–H and O–H groups in total. The van der Waals surface area contributed by atoms with Gasteiger partial charge in [-0.05, 0) is 227 Å². The molecule has 0 aliphatic heterocycles. The fourth-order valence-corrected chi connectivity index (χ4v) is 11.1. The van der Waals surface area contributed by atoms with Gasteiger partial charge < -0.3 is 9.47 Å². The number of allylic oxidation sites excluding steroid dienone is 2. The number of ether oxygens (including phenoxy) is 2. The number of nitriles is 2. The molecule has 0 spiro atoms. The van der Waals surface area contributed by atoms with Crippen molar-refractivity contribution in [1.29, 1.82) is 10.5 Å². The van der Waals surface area contributed by atoms with Crippen LogP contribution in [0.5, 0.6) is 11.5 Å². The highest BCUT2D eigenvalue weighted by Gasteiger charge is 2.15. The van der Waals surface area contributed by atoms with Crippen LogP contribution in [0.25, 0.3) is 91.1 Å². The lowest BCUT2D eigenvalue weighted by Crippen LogP contribution is -1.97. The van der Waals surface area contributed by atoms with E-state index in [0.717, 1.165) is 127 Å². The molecule has 0 aliphatic rings. The summed E-state index contributed by atoms with van der Waals surface area (Å²) in [5.74, 6) is 15.5. The van der Waals surface area contributed by atoms with Gasteiger partial charge in [-0.1, -0.05) is 150 Å². The zero-order valence-corrected chi connectivity index (χ0v) is 54.4. The average Bonchev–Trinajstić information content (AvgIpc) is 0.831. The Kier molecular flexibility index (Phi) is 23.4. The highest BCUT2D eigenvalue weighted by atomic mass is 16.5. The van der Waals surface area contributed by atoms with Crippen LogP contribution in [0.15, 0.2) is 231 Å². The van der Waals surface area contributed by atoms with Crippen molar-refractivity contribution in [2.24, 2.45) is 0 Å². The molecule has 0 bridgehead atoms. The number of aromatic nitrogens is 6. The monoisotopic (exact) mass is 1250 g/mol. The van der Waals surface area contributed by atoms with Gasteiger partial charge in [-0.2, -0.15) is 10.5 Å². The minimum absolute atomic E-state index is 0.431. The molecule has 470 valence electrons. The van der Waals surface area contributed by atoms with Crippen molar-refractivity contribution in [1.82, 2.24) is 29.9 Å². The van der Waals surface area contributed by atoms with Crippen molar-refractivity contribution in [3.05, 3.63) is 276 Å². The lowest BCUT2D eigenvalue weighted by Gasteiger charge is -2.10. The van der Waals surface area contributed by atoms with E-state index in [9.17, 15) is 10.5 Å². The Morgan fingerprint density at radius 1 is 0.344 bits per heavy atom. The molecular formula is C86H74N8O2. The molecule has 96 heavy (non-hydrogen) atoms. The minimum atomic E-state index is 0.431. The first-order valence-corrected chi connectivity index (χ1v) is 33.2. The van der Waals surface area contributed by atoms with E-state index in [1.54, 1.807) is 24.8 Å². The summed E-state index contributed by atoms with van der Waals surface area (Å²) in [4.78, 5) is 28.4. The second-order valence-electron chi connectivity index (χ2n) is 23.4. The van der Waals surface area contributed by atoms with Crippen molar-refractivity contribution in [3.8, 4) is 115 Å². The summed E-state index contributed by atoms with van der Waals surface area (Å²) >= 11 is 0. The summed E-state index contributed by atoms with van der Waals surface area (Å²) in [5, 5.41) is 22.0. The predicted molar refractivity (Wildman–Crippen MR) is 388 cm³/mol. The van der Waals surface area contributed by atoms with Gasteiger partial charge in [-0.25, -0.2) is 9.97 Å². The Morgan fingerprint density at radius 3 is 0.990 bits per heavy atom. The van der Waals surface area contributed by atoms with Crippen LogP contribution in [0.3, 0.4) is 0 Å². The molecule has 10 heteroatoms. The lowest BCUT2D eigenvalue weighted by atomic mass is 9.93. The molecule has 0 unspecified atom stereocenters. The fraction of sp³-hybridized carbons (Fsp3) is 0.186. The van der Waals surface area contributed by atoms with Crippen molar-refractivity contribution in [2.75, 3.05) is 13.2 Å². The third-order valence-electron chi connectivity index (χ3n) is 16.4. The summed E-state index contributed by atoms with van der Waals surface area (Å²) in [6.07, 6.45) is 24.9. The highest BCUT2D eigenvalue weighted by Crippen LogP contribution is 2.33. The summed E-state index contributed by atoms with van der Waals surface area (Å²) in [5.41, 5.74) is 16.2.